The monoisotopic (exact) mass is 600 g/mol. The summed E-state index contributed by atoms with van der Waals surface area (Å²) in [5.41, 5.74) is 1.11. The lowest BCUT2D eigenvalue weighted by Gasteiger charge is -2.12. The average molecular weight is 601 g/mol. The van der Waals surface area contributed by atoms with Crippen molar-refractivity contribution in [3.63, 3.8) is 0 Å². The molecule has 0 heterocycles. The van der Waals surface area contributed by atoms with Crippen molar-refractivity contribution in [2.75, 3.05) is 27.4 Å². The molecule has 0 aliphatic heterocycles. The molecule has 44 heavy (non-hydrogen) atoms. The molecule has 0 saturated carbocycles. The summed E-state index contributed by atoms with van der Waals surface area (Å²) in [4.78, 5) is 29.4. The molecule has 4 aromatic carbocycles. The summed E-state index contributed by atoms with van der Waals surface area (Å²) in [5, 5.41) is 1.89. The third-order valence-electron chi connectivity index (χ3n) is 5.62. The fourth-order valence-corrected chi connectivity index (χ4v) is 3.66. The Morgan fingerprint density at radius 3 is 1.82 bits per heavy atom. The summed E-state index contributed by atoms with van der Waals surface area (Å²) >= 11 is 0. The van der Waals surface area contributed by atoms with Gasteiger partial charge in [-0.3, -0.25) is 9.59 Å². The standard InChI is InChI=1S/C29H25FO6.2C3H4O/c1-4-29(31)36-24-9-11-25(26(30)17-24)21-6-5-20-16-22(8-7-19(20)15-21)34-13-14-35-23-10-12-27(32-2)28(18-23)33-3;2*1-2-3-4/h4-12,15-18H,1,13-14H2,2-3H3;2*2-3H,1H2. The summed E-state index contributed by atoms with van der Waals surface area (Å²) in [6, 6.07) is 21.0. The molecular formula is C35H33FO8. The second kappa shape index (κ2) is 18.7. The zero-order chi connectivity index (χ0) is 32.3. The normalized spacial score (nSPS) is 9.52. The first-order valence-electron chi connectivity index (χ1n) is 13.1. The third-order valence-corrected chi connectivity index (χ3v) is 5.62. The van der Waals surface area contributed by atoms with Crippen molar-refractivity contribution in [3.05, 3.63) is 117 Å². The molecule has 0 aliphatic carbocycles. The number of allylic oxidation sites excluding steroid dienone is 2. The lowest BCUT2D eigenvalue weighted by molar-refractivity contribution is -0.129. The number of ether oxygens (including phenoxy) is 5. The molecule has 9 heteroatoms. The molecule has 4 aromatic rings. The molecule has 0 bridgehead atoms. The number of carbonyl (C=O) groups excluding carboxylic acids is 3. The van der Waals surface area contributed by atoms with E-state index in [2.05, 4.69) is 19.7 Å². The number of halogens is 1. The van der Waals surface area contributed by atoms with Gasteiger partial charge in [-0.25, -0.2) is 9.18 Å². The highest BCUT2D eigenvalue weighted by Gasteiger charge is 2.10. The predicted octanol–water partition coefficient (Wildman–Crippen LogP) is 6.95. The number of hydrogen-bond donors (Lipinski definition) is 0. The Hall–Kier alpha value is -5.70. The van der Waals surface area contributed by atoms with Crippen molar-refractivity contribution in [1.82, 2.24) is 0 Å². The van der Waals surface area contributed by atoms with E-state index in [0.29, 0.717) is 59.9 Å². The van der Waals surface area contributed by atoms with Gasteiger partial charge in [0.05, 0.1) is 14.2 Å². The van der Waals surface area contributed by atoms with E-state index in [-0.39, 0.29) is 5.75 Å². The fraction of sp³-hybridized carbons (Fsp3) is 0.114. The Bertz CT molecular complexity index is 1570. The van der Waals surface area contributed by atoms with E-state index in [1.54, 1.807) is 44.6 Å². The van der Waals surface area contributed by atoms with E-state index < -0.39 is 11.8 Å². The van der Waals surface area contributed by atoms with Crippen LogP contribution in [0.2, 0.25) is 0 Å². The number of methoxy groups -OCH3 is 2. The molecule has 0 aromatic heterocycles. The van der Waals surface area contributed by atoms with Gasteiger partial charge >= 0.3 is 5.97 Å². The van der Waals surface area contributed by atoms with Crippen LogP contribution in [-0.4, -0.2) is 46.0 Å². The Morgan fingerprint density at radius 2 is 1.25 bits per heavy atom. The summed E-state index contributed by atoms with van der Waals surface area (Å²) in [6.07, 6.45) is 4.69. The topological polar surface area (TPSA) is 97.4 Å². The summed E-state index contributed by atoms with van der Waals surface area (Å²) in [5.74, 6) is 1.58. The maximum atomic E-state index is 14.7. The van der Waals surface area contributed by atoms with Crippen LogP contribution in [0.1, 0.15) is 0 Å². The highest BCUT2D eigenvalue weighted by atomic mass is 19.1. The molecule has 4 rings (SSSR count). The number of carbonyl (C=O) groups is 3. The van der Waals surface area contributed by atoms with Gasteiger partial charge in [0.15, 0.2) is 11.5 Å². The molecule has 228 valence electrons. The number of rotatable bonds is 12. The van der Waals surface area contributed by atoms with Gasteiger partial charge in [-0.15, -0.1) is 0 Å². The minimum atomic E-state index is -0.640. The van der Waals surface area contributed by atoms with Crippen LogP contribution in [0.4, 0.5) is 4.39 Å². The smallest absolute Gasteiger partial charge is 0.335 e. The molecule has 0 N–H and O–H groups in total. The van der Waals surface area contributed by atoms with Gasteiger partial charge < -0.3 is 23.7 Å². The Morgan fingerprint density at radius 1 is 0.705 bits per heavy atom. The average Bonchev–Trinajstić information content (AvgIpc) is 3.06. The Kier molecular flexibility index (Phi) is 14.6. The maximum Gasteiger partial charge on any atom is 0.335 e. The van der Waals surface area contributed by atoms with Crippen LogP contribution in [0.3, 0.4) is 0 Å². The first kappa shape index (κ1) is 34.5. The van der Waals surface area contributed by atoms with E-state index in [9.17, 15) is 9.18 Å². The fourth-order valence-electron chi connectivity index (χ4n) is 3.66. The molecule has 0 fully saturated rings. The Labute approximate surface area is 255 Å². The maximum absolute atomic E-state index is 14.7. The SMILES string of the molecule is C=CC(=O)Oc1ccc(-c2ccc3cc(OCCOc4ccc(OC)c(OC)c4)ccc3c2)c(F)c1.C=CC=O.C=CC=O. The van der Waals surface area contributed by atoms with Gasteiger partial charge in [0.25, 0.3) is 0 Å². The van der Waals surface area contributed by atoms with Crippen molar-refractivity contribution in [2.45, 2.75) is 0 Å². The van der Waals surface area contributed by atoms with Crippen LogP contribution in [0.25, 0.3) is 21.9 Å². The predicted molar refractivity (Wildman–Crippen MR) is 168 cm³/mol. The van der Waals surface area contributed by atoms with Crippen molar-refractivity contribution in [2.24, 2.45) is 0 Å². The lowest BCUT2D eigenvalue weighted by atomic mass is 10.0. The van der Waals surface area contributed by atoms with Gasteiger partial charge in [0.2, 0.25) is 0 Å². The molecule has 0 amide bonds. The minimum absolute atomic E-state index is 0.124. The zero-order valence-electron chi connectivity index (χ0n) is 24.5. The van der Waals surface area contributed by atoms with Crippen molar-refractivity contribution in [3.8, 4) is 39.9 Å². The van der Waals surface area contributed by atoms with E-state index in [0.717, 1.165) is 16.8 Å². The number of fused-ring (bicyclic) bond motifs is 1. The van der Waals surface area contributed by atoms with Gasteiger partial charge in [-0.1, -0.05) is 37.9 Å². The summed E-state index contributed by atoms with van der Waals surface area (Å²) < 4.78 is 41.7. The molecule has 8 nitrogen and oxygen atoms in total. The lowest BCUT2D eigenvalue weighted by Crippen LogP contribution is -2.09. The van der Waals surface area contributed by atoms with Crippen molar-refractivity contribution in [1.29, 1.82) is 0 Å². The van der Waals surface area contributed by atoms with Gasteiger partial charge in [-0.05, 0) is 71.0 Å². The van der Waals surface area contributed by atoms with E-state index in [4.69, 9.17) is 33.3 Å². The van der Waals surface area contributed by atoms with Gasteiger partial charge in [0, 0.05) is 23.8 Å². The highest BCUT2D eigenvalue weighted by Crippen LogP contribution is 2.32. The largest absolute Gasteiger partial charge is 0.493 e. The van der Waals surface area contributed by atoms with E-state index in [1.165, 1.54) is 18.2 Å². The second-order valence-corrected chi connectivity index (χ2v) is 8.45. The van der Waals surface area contributed by atoms with Crippen molar-refractivity contribution < 1.29 is 42.5 Å². The van der Waals surface area contributed by atoms with Crippen LogP contribution < -0.4 is 23.7 Å². The number of esters is 1. The number of hydrogen-bond acceptors (Lipinski definition) is 8. The van der Waals surface area contributed by atoms with Gasteiger partial charge in [-0.2, -0.15) is 0 Å². The minimum Gasteiger partial charge on any atom is -0.493 e. The molecule has 0 unspecified atom stereocenters. The Balaban J connectivity index is 0.000000754. The second-order valence-electron chi connectivity index (χ2n) is 8.45. The molecule has 0 aliphatic rings. The summed E-state index contributed by atoms with van der Waals surface area (Å²) in [7, 11) is 3.15. The quantitative estimate of drug-likeness (QED) is 0.0566. The van der Waals surface area contributed by atoms with Crippen LogP contribution in [0.5, 0.6) is 28.7 Å². The van der Waals surface area contributed by atoms with Gasteiger partial charge in [0.1, 0.15) is 48.9 Å². The molecule has 0 atom stereocenters. The van der Waals surface area contributed by atoms with Crippen LogP contribution >= 0.6 is 0 Å². The highest BCUT2D eigenvalue weighted by molar-refractivity contribution is 5.88. The first-order valence-corrected chi connectivity index (χ1v) is 13.1. The molecule has 0 radical (unpaired) electrons. The van der Waals surface area contributed by atoms with Crippen LogP contribution in [-0.2, 0) is 14.4 Å². The van der Waals surface area contributed by atoms with Crippen LogP contribution in [0, 0.1) is 5.82 Å². The molecule has 0 spiro atoms. The van der Waals surface area contributed by atoms with Crippen LogP contribution in [0.15, 0.2) is 111 Å². The van der Waals surface area contributed by atoms with Crippen molar-refractivity contribution >= 4 is 29.3 Å². The zero-order valence-corrected chi connectivity index (χ0v) is 24.5. The van der Waals surface area contributed by atoms with E-state index >= 15 is 0 Å². The van der Waals surface area contributed by atoms with E-state index in [1.807, 2.05) is 36.4 Å². The number of aldehydes is 2. The summed E-state index contributed by atoms with van der Waals surface area (Å²) in [6.45, 7) is 10.3. The molecule has 0 saturated heterocycles. The third kappa shape index (κ3) is 10.6. The molecular weight excluding hydrogens is 567 g/mol. The number of benzene rings is 4. The first-order chi connectivity index (χ1) is 21.3.